The van der Waals surface area contributed by atoms with E-state index in [0.29, 0.717) is 18.9 Å². The van der Waals surface area contributed by atoms with E-state index in [1.165, 1.54) is 21.3 Å². The molecular formula is C15H21F5O4Si. The molecule has 0 aliphatic carbocycles. The van der Waals surface area contributed by atoms with Gasteiger partial charge in [0.2, 0.25) is 29.1 Å². The number of hydrogen-bond acceptors (Lipinski definition) is 4. The van der Waals surface area contributed by atoms with E-state index in [4.69, 9.17) is 18.0 Å². The zero-order chi connectivity index (χ0) is 19.0. The lowest BCUT2D eigenvalue weighted by molar-refractivity contribution is 0.122. The molecule has 10 heteroatoms. The molecule has 4 nitrogen and oxygen atoms in total. The standard InChI is InChI=1S/C15H21F5O4Si/c1-21-25(22-2,23-3)9-7-5-4-6-8-24-15-13(19)11(17)10(16)12(18)14(15)20/h4-9H2,1-3H3. The van der Waals surface area contributed by atoms with Crippen LogP contribution in [0, 0.1) is 29.1 Å². The van der Waals surface area contributed by atoms with Crippen LogP contribution in [-0.2, 0) is 13.3 Å². The molecule has 0 saturated heterocycles. The first kappa shape index (κ1) is 21.8. The Hall–Kier alpha value is -1.23. The first-order valence-corrected chi connectivity index (χ1v) is 9.56. The van der Waals surface area contributed by atoms with Gasteiger partial charge in [0.25, 0.3) is 0 Å². The van der Waals surface area contributed by atoms with E-state index in [-0.39, 0.29) is 6.61 Å². The molecule has 144 valence electrons. The summed E-state index contributed by atoms with van der Waals surface area (Å²) < 4.78 is 86.3. The van der Waals surface area contributed by atoms with Crippen LogP contribution in [0.15, 0.2) is 0 Å². The van der Waals surface area contributed by atoms with Crippen LogP contribution in [-0.4, -0.2) is 36.7 Å². The third kappa shape index (κ3) is 5.37. The Labute approximate surface area is 144 Å². The summed E-state index contributed by atoms with van der Waals surface area (Å²) in [4.78, 5) is 0. The van der Waals surface area contributed by atoms with Crippen LogP contribution >= 0.6 is 0 Å². The number of ether oxygens (including phenoxy) is 1. The van der Waals surface area contributed by atoms with E-state index >= 15 is 0 Å². The second kappa shape index (κ2) is 10.0. The lowest BCUT2D eigenvalue weighted by Crippen LogP contribution is -2.42. The average molecular weight is 388 g/mol. The van der Waals surface area contributed by atoms with Gasteiger partial charge in [0.15, 0.2) is 5.75 Å². The van der Waals surface area contributed by atoms with Crippen molar-refractivity contribution < 1.29 is 40.0 Å². The Kier molecular flexibility index (Phi) is 8.76. The minimum Gasteiger partial charge on any atom is -0.487 e. The fraction of sp³-hybridized carbons (Fsp3) is 0.600. The summed E-state index contributed by atoms with van der Waals surface area (Å²) in [6, 6.07) is 0.606. The van der Waals surface area contributed by atoms with Crippen LogP contribution in [0.4, 0.5) is 22.0 Å². The third-order valence-electron chi connectivity index (χ3n) is 3.73. The molecule has 0 amide bonds. The van der Waals surface area contributed by atoms with Crippen LogP contribution in [0.3, 0.4) is 0 Å². The van der Waals surface area contributed by atoms with Crippen molar-refractivity contribution in [3.05, 3.63) is 29.1 Å². The van der Waals surface area contributed by atoms with Gasteiger partial charge in [0.05, 0.1) is 6.61 Å². The van der Waals surface area contributed by atoms with Gasteiger partial charge in [-0.2, -0.15) is 8.78 Å². The number of halogens is 5. The monoisotopic (exact) mass is 388 g/mol. The molecule has 1 rings (SSSR count). The van der Waals surface area contributed by atoms with E-state index in [1.54, 1.807) is 0 Å². The Bertz CT molecular complexity index is 532. The van der Waals surface area contributed by atoms with E-state index in [9.17, 15) is 22.0 Å². The van der Waals surface area contributed by atoms with Crippen molar-refractivity contribution in [3.8, 4) is 5.75 Å². The summed E-state index contributed by atoms with van der Waals surface area (Å²) >= 11 is 0. The van der Waals surface area contributed by atoms with E-state index in [0.717, 1.165) is 12.8 Å². The number of hydrogen-bond donors (Lipinski definition) is 0. The van der Waals surface area contributed by atoms with Crippen LogP contribution in [0.25, 0.3) is 0 Å². The SMILES string of the molecule is CO[Si](CCCCCCOc1c(F)c(F)c(F)c(F)c1F)(OC)OC. The predicted octanol–water partition coefficient (Wildman–Crippen LogP) is 4.20. The maximum Gasteiger partial charge on any atom is 0.500 e. The zero-order valence-corrected chi connectivity index (χ0v) is 15.3. The Morgan fingerprint density at radius 3 is 1.56 bits per heavy atom. The molecule has 0 radical (unpaired) electrons. The minimum atomic E-state index is -2.62. The maximum atomic E-state index is 13.4. The highest BCUT2D eigenvalue weighted by atomic mass is 28.4. The molecule has 0 saturated carbocycles. The van der Waals surface area contributed by atoms with Gasteiger partial charge >= 0.3 is 8.80 Å². The van der Waals surface area contributed by atoms with Crippen LogP contribution in [0.2, 0.25) is 6.04 Å². The van der Waals surface area contributed by atoms with E-state index in [1.807, 2.05) is 0 Å². The lowest BCUT2D eigenvalue weighted by Gasteiger charge is -2.24. The van der Waals surface area contributed by atoms with Crippen LogP contribution in [0.1, 0.15) is 25.7 Å². The molecule has 0 unspecified atom stereocenters. The summed E-state index contributed by atoms with van der Waals surface area (Å²) in [5, 5.41) is 0. The van der Waals surface area contributed by atoms with E-state index < -0.39 is 43.6 Å². The van der Waals surface area contributed by atoms with Gasteiger partial charge in [0, 0.05) is 27.4 Å². The molecule has 0 heterocycles. The lowest BCUT2D eigenvalue weighted by atomic mass is 10.2. The molecule has 0 aromatic heterocycles. The van der Waals surface area contributed by atoms with Gasteiger partial charge in [-0.1, -0.05) is 12.8 Å². The van der Waals surface area contributed by atoms with Gasteiger partial charge in [-0.25, -0.2) is 13.2 Å². The molecule has 0 aliphatic rings. The second-order valence-corrected chi connectivity index (χ2v) is 8.30. The Balaban J connectivity index is 2.40. The smallest absolute Gasteiger partial charge is 0.487 e. The quantitative estimate of drug-likeness (QED) is 0.187. The highest BCUT2D eigenvalue weighted by Gasteiger charge is 2.36. The van der Waals surface area contributed by atoms with Crippen molar-refractivity contribution in [3.63, 3.8) is 0 Å². The van der Waals surface area contributed by atoms with Crippen LogP contribution in [0.5, 0.6) is 5.75 Å². The van der Waals surface area contributed by atoms with Crippen molar-refractivity contribution in [1.29, 1.82) is 0 Å². The Morgan fingerprint density at radius 2 is 1.08 bits per heavy atom. The summed E-state index contributed by atoms with van der Waals surface area (Å²) in [6.45, 7) is -0.167. The van der Waals surface area contributed by atoms with Crippen LogP contribution < -0.4 is 4.74 Å². The van der Waals surface area contributed by atoms with Crippen molar-refractivity contribution in [2.45, 2.75) is 31.7 Å². The average Bonchev–Trinajstić information content (AvgIpc) is 2.63. The molecule has 0 bridgehead atoms. The molecule has 0 spiro atoms. The fourth-order valence-electron chi connectivity index (χ4n) is 2.24. The van der Waals surface area contributed by atoms with Gasteiger partial charge in [-0.3, -0.25) is 0 Å². The molecule has 0 N–H and O–H groups in total. The first-order chi connectivity index (χ1) is 11.8. The second-order valence-electron chi connectivity index (χ2n) is 5.21. The number of rotatable bonds is 11. The van der Waals surface area contributed by atoms with Crippen molar-refractivity contribution in [1.82, 2.24) is 0 Å². The van der Waals surface area contributed by atoms with Gasteiger partial charge in [-0.15, -0.1) is 0 Å². The molecule has 0 atom stereocenters. The van der Waals surface area contributed by atoms with Gasteiger partial charge < -0.3 is 18.0 Å². The highest BCUT2D eigenvalue weighted by Crippen LogP contribution is 2.29. The first-order valence-electron chi connectivity index (χ1n) is 7.63. The largest absolute Gasteiger partial charge is 0.500 e. The summed E-state index contributed by atoms with van der Waals surface area (Å²) in [7, 11) is 1.91. The molecule has 0 fully saturated rings. The van der Waals surface area contributed by atoms with Crippen molar-refractivity contribution in [2.24, 2.45) is 0 Å². The molecular weight excluding hydrogens is 367 g/mol. The Morgan fingerprint density at radius 1 is 0.640 bits per heavy atom. The molecule has 1 aromatic rings. The topological polar surface area (TPSA) is 36.9 Å². The van der Waals surface area contributed by atoms with E-state index in [2.05, 4.69) is 0 Å². The highest BCUT2D eigenvalue weighted by molar-refractivity contribution is 6.60. The normalized spacial score (nSPS) is 11.8. The van der Waals surface area contributed by atoms with Gasteiger partial charge in [0.1, 0.15) is 0 Å². The fourth-order valence-corrected chi connectivity index (χ4v) is 4.03. The molecule has 0 aliphatic heterocycles. The number of unbranched alkanes of at least 4 members (excludes halogenated alkanes) is 3. The van der Waals surface area contributed by atoms with Crippen molar-refractivity contribution in [2.75, 3.05) is 27.9 Å². The number of benzene rings is 1. The minimum absolute atomic E-state index is 0.167. The van der Waals surface area contributed by atoms with Gasteiger partial charge in [-0.05, 0) is 12.8 Å². The molecule has 1 aromatic carbocycles. The third-order valence-corrected chi connectivity index (χ3v) is 6.56. The maximum absolute atomic E-state index is 13.4. The van der Waals surface area contributed by atoms with Crippen molar-refractivity contribution >= 4 is 8.80 Å². The summed E-state index contributed by atoms with van der Waals surface area (Å²) in [5.74, 6) is -11.4. The zero-order valence-electron chi connectivity index (χ0n) is 14.3. The summed E-state index contributed by atoms with van der Waals surface area (Å²) in [6.07, 6.45) is 2.51. The predicted molar refractivity (Wildman–Crippen MR) is 81.8 cm³/mol. The summed E-state index contributed by atoms with van der Waals surface area (Å²) in [5.41, 5.74) is 0. The molecule has 25 heavy (non-hydrogen) atoms.